The molecular weight excluding hydrogens is 732 g/mol. The van der Waals surface area contributed by atoms with Crippen LogP contribution >= 0.6 is 0 Å². The van der Waals surface area contributed by atoms with Crippen molar-refractivity contribution in [3.63, 3.8) is 0 Å². The number of carbonyl (C=O) groups excluding carboxylic acids is 3. The fourth-order valence-electron chi connectivity index (χ4n) is 6.52. The number of ether oxygens (including phenoxy) is 8. The first-order valence-electron chi connectivity index (χ1n) is 18.6. The highest BCUT2D eigenvalue weighted by Crippen LogP contribution is 2.33. The molecule has 5 aromatic carbocycles. The number of aliphatic hydroxyl groups excluding tert-OH is 1. The Morgan fingerprint density at radius 2 is 0.877 bits per heavy atom. The van der Waals surface area contributed by atoms with Crippen LogP contribution in [0.1, 0.15) is 42.2 Å². The average Bonchev–Trinajstić information content (AvgIpc) is 3.75. The third-order valence-corrected chi connectivity index (χ3v) is 9.44. The fourth-order valence-corrected chi connectivity index (χ4v) is 6.52. The second-order valence-corrected chi connectivity index (χ2v) is 13.4. The van der Waals surface area contributed by atoms with E-state index < -0.39 is 67.1 Å². The van der Waals surface area contributed by atoms with Gasteiger partial charge >= 0.3 is 17.9 Å². The van der Waals surface area contributed by atoms with Gasteiger partial charge in [-0.15, -0.1) is 0 Å². The van der Waals surface area contributed by atoms with E-state index in [0.29, 0.717) is 5.56 Å². The van der Waals surface area contributed by atoms with Crippen LogP contribution in [0, 0.1) is 0 Å². The van der Waals surface area contributed by atoms with E-state index in [9.17, 15) is 19.5 Å². The molecule has 2 fully saturated rings. The van der Waals surface area contributed by atoms with E-state index in [1.54, 1.807) is 91.0 Å². The number of hydrogen-bond acceptors (Lipinski definition) is 12. The topological polar surface area (TPSA) is 145 Å². The Morgan fingerprint density at radius 3 is 1.39 bits per heavy atom. The minimum atomic E-state index is -1.67. The molecule has 57 heavy (non-hydrogen) atoms. The van der Waals surface area contributed by atoms with Gasteiger partial charge in [0.15, 0.2) is 24.8 Å². The summed E-state index contributed by atoms with van der Waals surface area (Å²) in [5.74, 6) is -2.01. The summed E-state index contributed by atoms with van der Waals surface area (Å²) in [4.78, 5) is 39.5. The maximum absolute atomic E-state index is 13.3. The minimum absolute atomic E-state index is 0.171. The van der Waals surface area contributed by atoms with Crippen molar-refractivity contribution in [3.8, 4) is 0 Å². The summed E-state index contributed by atoms with van der Waals surface area (Å²) in [6, 6.07) is 44.2. The molecule has 12 heteroatoms. The van der Waals surface area contributed by atoms with Crippen molar-refractivity contribution in [2.45, 2.75) is 62.4 Å². The highest BCUT2D eigenvalue weighted by atomic mass is 16.7. The zero-order valence-electron chi connectivity index (χ0n) is 30.8. The standard InChI is InChI=1S/C45H42O12/c46-41(32-20-10-3-11-21-32)52-28-35-37(50-26-30-16-6-1-7-17-30)40(51-27-31-18-8-2-9-19-31)45(55-35)53-29-36-38(56-42(47)33-22-12-4-13-23-33)39(44(49)54-36)57-43(48)34-24-14-5-15-25-34/h1-25,35-40,44-45,49H,26-29H2/t35-,36-,37-,38-,39+,40+,44+,45+/m1/s1. The van der Waals surface area contributed by atoms with Gasteiger partial charge in [0.25, 0.3) is 0 Å². The van der Waals surface area contributed by atoms with E-state index in [0.717, 1.165) is 11.1 Å². The van der Waals surface area contributed by atoms with Gasteiger partial charge in [-0.25, -0.2) is 14.4 Å². The summed E-state index contributed by atoms with van der Waals surface area (Å²) in [5.41, 5.74) is 2.63. The Balaban J connectivity index is 1.12. The summed E-state index contributed by atoms with van der Waals surface area (Å²) >= 11 is 0. The minimum Gasteiger partial charge on any atom is -0.459 e. The number of aliphatic hydroxyl groups is 1. The molecule has 2 aliphatic rings. The second-order valence-electron chi connectivity index (χ2n) is 13.4. The lowest BCUT2D eigenvalue weighted by atomic mass is 10.1. The van der Waals surface area contributed by atoms with E-state index >= 15 is 0 Å². The molecule has 1 N–H and O–H groups in total. The van der Waals surface area contributed by atoms with Crippen LogP contribution in [0.5, 0.6) is 0 Å². The zero-order chi connectivity index (χ0) is 39.4. The van der Waals surface area contributed by atoms with Gasteiger partial charge in [-0.3, -0.25) is 0 Å². The number of benzene rings is 5. The lowest BCUT2D eigenvalue weighted by Crippen LogP contribution is -2.43. The van der Waals surface area contributed by atoms with Gasteiger partial charge in [0.05, 0.1) is 36.5 Å². The second kappa shape index (κ2) is 19.4. The summed E-state index contributed by atoms with van der Waals surface area (Å²) in [7, 11) is 0. The maximum Gasteiger partial charge on any atom is 0.338 e. The van der Waals surface area contributed by atoms with Crippen molar-refractivity contribution in [2.24, 2.45) is 0 Å². The predicted octanol–water partition coefficient (Wildman–Crippen LogP) is 5.92. The van der Waals surface area contributed by atoms with Crippen LogP contribution in [-0.4, -0.2) is 85.4 Å². The first-order valence-corrected chi connectivity index (χ1v) is 18.6. The molecule has 0 bridgehead atoms. The SMILES string of the molecule is O=C(OC[C@H]1O[C@H](OC[C@H]2O[C@H](O)[C@@H](OC(=O)c3ccccc3)[C@@H]2OC(=O)c2ccccc2)[C@@H](OCc2ccccc2)[C@@H]1OCc1ccccc1)c1ccccc1. The quantitative estimate of drug-likeness (QED) is 0.0938. The molecule has 0 aromatic heterocycles. The van der Waals surface area contributed by atoms with Crippen LogP contribution in [0.4, 0.5) is 0 Å². The molecule has 2 saturated heterocycles. The van der Waals surface area contributed by atoms with E-state index in [4.69, 9.17) is 37.9 Å². The van der Waals surface area contributed by atoms with Gasteiger partial charge in [-0.05, 0) is 47.5 Å². The van der Waals surface area contributed by atoms with Crippen molar-refractivity contribution in [3.05, 3.63) is 179 Å². The Hall–Kier alpha value is -5.73. The average molecular weight is 775 g/mol. The number of rotatable bonds is 16. The molecule has 7 rings (SSSR count). The molecule has 8 atom stereocenters. The molecule has 294 valence electrons. The highest BCUT2D eigenvalue weighted by molar-refractivity contribution is 5.90. The molecule has 2 aliphatic heterocycles. The molecule has 0 aliphatic carbocycles. The third-order valence-electron chi connectivity index (χ3n) is 9.44. The summed E-state index contributed by atoms with van der Waals surface area (Å²) < 4.78 is 48.9. The molecule has 0 unspecified atom stereocenters. The first-order chi connectivity index (χ1) is 27.9. The normalized spacial score (nSPS) is 24.1. The van der Waals surface area contributed by atoms with Gasteiger partial charge in [0, 0.05) is 0 Å². The molecule has 2 heterocycles. The molecule has 5 aromatic rings. The highest BCUT2D eigenvalue weighted by Gasteiger charge is 2.52. The molecule has 0 radical (unpaired) electrons. The fraction of sp³-hybridized carbons (Fsp3) is 0.267. The van der Waals surface area contributed by atoms with Gasteiger partial charge < -0.3 is 43.0 Å². The van der Waals surface area contributed by atoms with Crippen LogP contribution in [0.2, 0.25) is 0 Å². The van der Waals surface area contributed by atoms with Crippen molar-refractivity contribution in [2.75, 3.05) is 13.2 Å². The molecule has 0 spiro atoms. The van der Waals surface area contributed by atoms with E-state index in [1.165, 1.54) is 0 Å². The first kappa shape index (κ1) is 39.5. The zero-order valence-corrected chi connectivity index (χ0v) is 30.8. The van der Waals surface area contributed by atoms with Crippen molar-refractivity contribution in [1.82, 2.24) is 0 Å². The van der Waals surface area contributed by atoms with Crippen LogP contribution in [0.3, 0.4) is 0 Å². The van der Waals surface area contributed by atoms with Crippen molar-refractivity contribution < 1.29 is 57.4 Å². The molecule has 0 saturated carbocycles. The lowest BCUT2D eigenvalue weighted by molar-refractivity contribution is -0.207. The molecule has 0 amide bonds. The predicted molar refractivity (Wildman–Crippen MR) is 204 cm³/mol. The van der Waals surface area contributed by atoms with Gasteiger partial charge in [-0.1, -0.05) is 115 Å². The van der Waals surface area contributed by atoms with Crippen LogP contribution in [0.15, 0.2) is 152 Å². The van der Waals surface area contributed by atoms with E-state index in [1.807, 2.05) is 60.7 Å². The van der Waals surface area contributed by atoms with Crippen LogP contribution < -0.4 is 0 Å². The van der Waals surface area contributed by atoms with Crippen molar-refractivity contribution >= 4 is 17.9 Å². The van der Waals surface area contributed by atoms with Crippen molar-refractivity contribution in [1.29, 1.82) is 0 Å². The number of hydrogen-bond donors (Lipinski definition) is 1. The van der Waals surface area contributed by atoms with Gasteiger partial charge in [0.2, 0.25) is 0 Å². The summed E-state index contributed by atoms with van der Waals surface area (Å²) in [6.07, 6.45) is -9.10. The number of esters is 3. The Bertz CT molecular complexity index is 2020. The van der Waals surface area contributed by atoms with Crippen LogP contribution in [-0.2, 0) is 51.1 Å². The Morgan fingerprint density at radius 1 is 0.456 bits per heavy atom. The largest absolute Gasteiger partial charge is 0.459 e. The lowest BCUT2D eigenvalue weighted by Gasteiger charge is -2.26. The Labute approximate surface area is 329 Å². The molecular formula is C45H42O12. The molecule has 12 nitrogen and oxygen atoms in total. The van der Waals surface area contributed by atoms with Crippen LogP contribution in [0.25, 0.3) is 0 Å². The summed E-state index contributed by atoms with van der Waals surface area (Å²) in [5, 5.41) is 11.1. The smallest absolute Gasteiger partial charge is 0.338 e. The van der Waals surface area contributed by atoms with E-state index in [2.05, 4.69) is 0 Å². The monoisotopic (exact) mass is 774 g/mol. The summed E-state index contributed by atoms with van der Waals surface area (Å²) in [6.45, 7) is -0.129. The Kier molecular flexibility index (Phi) is 13.5. The maximum atomic E-state index is 13.3. The third kappa shape index (κ3) is 10.4. The van der Waals surface area contributed by atoms with Gasteiger partial charge in [-0.2, -0.15) is 0 Å². The number of carbonyl (C=O) groups is 3. The van der Waals surface area contributed by atoms with E-state index in [-0.39, 0.29) is 37.6 Å². The van der Waals surface area contributed by atoms with Gasteiger partial charge in [0.1, 0.15) is 31.0 Å².